The second-order valence-corrected chi connectivity index (χ2v) is 4.19. The van der Waals surface area contributed by atoms with Gasteiger partial charge in [0.15, 0.2) is 0 Å². The molecule has 0 saturated carbocycles. The van der Waals surface area contributed by atoms with Gasteiger partial charge < -0.3 is 15.8 Å². The number of ether oxygens (including phenoxy) is 1. The molecule has 112 valence electrons. The number of rotatable bonds is 6. The van der Waals surface area contributed by atoms with E-state index in [1.807, 2.05) is 6.92 Å². The molecule has 20 heavy (non-hydrogen) atoms. The number of hydrogen-bond donors (Lipinski definition) is 2. The Kier molecular flexibility index (Phi) is 7.56. The Morgan fingerprint density at radius 1 is 1.55 bits per heavy atom. The fourth-order valence-corrected chi connectivity index (χ4v) is 1.43. The molecule has 0 aliphatic heterocycles. The lowest BCUT2D eigenvalue weighted by atomic mass is 10.1. The first-order valence-corrected chi connectivity index (χ1v) is 5.80. The fraction of sp³-hybridized carbons (Fsp3) is 0.417. The second kappa shape index (κ2) is 8.34. The SMILES string of the molecule is COc1ccc([N+](=O)[O-])cc1C(=O)NCC(C)CN.Cl. The van der Waals surface area contributed by atoms with Crippen LogP contribution in [-0.4, -0.2) is 31.0 Å². The molecule has 0 bridgehead atoms. The minimum absolute atomic E-state index is 0. The summed E-state index contributed by atoms with van der Waals surface area (Å²) in [7, 11) is 1.40. The second-order valence-electron chi connectivity index (χ2n) is 4.19. The number of non-ortho nitro benzene ring substituents is 1. The summed E-state index contributed by atoms with van der Waals surface area (Å²) in [5.74, 6) is 0.0120. The van der Waals surface area contributed by atoms with E-state index >= 15 is 0 Å². The van der Waals surface area contributed by atoms with E-state index in [-0.39, 0.29) is 29.6 Å². The number of amides is 1. The lowest BCUT2D eigenvalue weighted by Crippen LogP contribution is -2.31. The van der Waals surface area contributed by atoms with E-state index in [0.717, 1.165) is 0 Å². The van der Waals surface area contributed by atoms with E-state index < -0.39 is 10.8 Å². The molecule has 3 N–H and O–H groups in total. The van der Waals surface area contributed by atoms with Gasteiger partial charge in [0, 0.05) is 18.7 Å². The van der Waals surface area contributed by atoms with Crippen molar-refractivity contribution in [3.05, 3.63) is 33.9 Å². The summed E-state index contributed by atoms with van der Waals surface area (Å²) >= 11 is 0. The van der Waals surface area contributed by atoms with Gasteiger partial charge in [-0.15, -0.1) is 12.4 Å². The normalized spacial score (nSPS) is 11.2. The molecule has 0 heterocycles. The number of nitro groups is 1. The number of nitro benzene ring substituents is 1. The van der Waals surface area contributed by atoms with Crippen LogP contribution in [0.2, 0.25) is 0 Å². The first-order chi connectivity index (χ1) is 8.99. The number of benzene rings is 1. The topological polar surface area (TPSA) is 107 Å². The molecular weight excluding hydrogens is 286 g/mol. The smallest absolute Gasteiger partial charge is 0.270 e. The highest BCUT2D eigenvalue weighted by molar-refractivity contribution is 5.97. The van der Waals surface area contributed by atoms with Crippen molar-refractivity contribution >= 4 is 24.0 Å². The highest BCUT2D eigenvalue weighted by Crippen LogP contribution is 2.23. The Balaban J connectivity index is 0.00000361. The third kappa shape index (κ3) is 4.67. The van der Waals surface area contributed by atoms with Gasteiger partial charge in [-0.25, -0.2) is 0 Å². The summed E-state index contributed by atoms with van der Waals surface area (Å²) in [5.41, 5.74) is 5.44. The average molecular weight is 304 g/mol. The van der Waals surface area contributed by atoms with Crippen molar-refractivity contribution in [1.82, 2.24) is 5.32 Å². The first kappa shape index (κ1) is 18.1. The summed E-state index contributed by atoms with van der Waals surface area (Å²) in [4.78, 5) is 22.1. The molecule has 1 aromatic carbocycles. The quantitative estimate of drug-likeness (QED) is 0.609. The van der Waals surface area contributed by atoms with Crippen molar-refractivity contribution in [3.8, 4) is 5.75 Å². The molecule has 8 heteroatoms. The van der Waals surface area contributed by atoms with E-state index in [4.69, 9.17) is 10.5 Å². The Morgan fingerprint density at radius 3 is 2.70 bits per heavy atom. The molecule has 1 amide bonds. The maximum atomic E-state index is 12.0. The highest BCUT2D eigenvalue weighted by atomic mass is 35.5. The van der Waals surface area contributed by atoms with Crippen LogP contribution in [0.5, 0.6) is 5.75 Å². The highest BCUT2D eigenvalue weighted by Gasteiger charge is 2.17. The van der Waals surface area contributed by atoms with Crippen LogP contribution in [0.3, 0.4) is 0 Å². The first-order valence-electron chi connectivity index (χ1n) is 5.80. The van der Waals surface area contributed by atoms with E-state index in [1.165, 1.54) is 25.3 Å². The van der Waals surface area contributed by atoms with Crippen LogP contribution in [0.4, 0.5) is 5.69 Å². The number of nitrogens with one attached hydrogen (secondary N) is 1. The minimum Gasteiger partial charge on any atom is -0.496 e. The van der Waals surface area contributed by atoms with Crippen molar-refractivity contribution in [2.24, 2.45) is 11.7 Å². The summed E-state index contributed by atoms with van der Waals surface area (Å²) in [6.45, 7) is 2.75. The lowest BCUT2D eigenvalue weighted by molar-refractivity contribution is -0.384. The van der Waals surface area contributed by atoms with Crippen molar-refractivity contribution < 1.29 is 14.5 Å². The number of carbonyl (C=O) groups excluding carboxylic acids is 1. The summed E-state index contributed by atoms with van der Waals surface area (Å²) in [6, 6.07) is 3.89. The standard InChI is InChI=1S/C12H17N3O4.ClH/c1-8(6-13)7-14-12(16)10-5-9(15(17)18)3-4-11(10)19-2;/h3-5,8H,6-7,13H2,1-2H3,(H,14,16);1H. The minimum atomic E-state index is -0.557. The van der Waals surface area contributed by atoms with Gasteiger partial charge in [-0.1, -0.05) is 6.92 Å². The zero-order valence-corrected chi connectivity index (χ0v) is 12.1. The lowest BCUT2D eigenvalue weighted by Gasteiger charge is -2.12. The fourth-order valence-electron chi connectivity index (χ4n) is 1.43. The Bertz CT molecular complexity index is 482. The number of hydrogen-bond acceptors (Lipinski definition) is 5. The van der Waals surface area contributed by atoms with Crippen molar-refractivity contribution in [2.75, 3.05) is 20.2 Å². The molecule has 1 unspecified atom stereocenters. The molecule has 1 atom stereocenters. The van der Waals surface area contributed by atoms with Crippen molar-refractivity contribution in [3.63, 3.8) is 0 Å². The van der Waals surface area contributed by atoms with Gasteiger partial charge in [-0.3, -0.25) is 14.9 Å². The molecular formula is C12H18ClN3O4. The Labute approximate surface area is 123 Å². The van der Waals surface area contributed by atoms with Crippen LogP contribution >= 0.6 is 12.4 Å². The molecule has 0 aromatic heterocycles. The molecule has 1 aromatic rings. The Hall–Kier alpha value is -1.86. The van der Waals surface area contributed by atoms with Crippen molar-refractivity contribution in [2.45, 2.75) is 6.92 Å². The molecule has 0 spiro atoms. The Morgan fingerprint density at radius 2 is 2.20 bits per heavy atom. The number of carbonyl (C=O) groups is 1. The van der Waals surface area contributed by atoms with Gasteiger partial charge in [0.1, 0.15) is 5.75 Å². The van der Waals surface area contributed by atoms with Gasteiger partial charge in [0.25, 0.3) is 11.6 Å². The van der Waals surface area contributed by atoms with E-state index in [1.54, 1.807) is 0 Å². The monoisotopic (exact) mass is 303 g/mol. The molecule has 0 radical (unpaired) electrons. The number of nitrogens with two attached hydrogens (primary N) is 1. The summed E-state index contributed by atoms with van der Waals surface area (Å²) < 4.78 is 5.03. The molecule has 7 nitrogen and oxygen atoms in total. The molecule has 0 saturated heterocycles. The van der Waals surface area contributed by atoms with Crippen molar-refractivity contribution in [1.29, 1.82) is 0 Å². The van der Waals surface area contributed by atoms with Gasteiger partial charge in [0.05, 0.1) is 17.6 Å². The van der Waals surface area contributed by atoms with Crippen LogP contribution in [-0.2, 0) is 0 Å². The predicted octanol–water partition coefficient (Wildman–Crippen LogP) is 1.35. The third-order valence-electron chi connectivity index (χ3n) is 2.65. The molecule has 0 aliphatic rings. The van der Waals surface area contributed by atoms with Crippen LogP contribution in [0.25, 0.3) is 0 Å². The number of halogens is 1. The van der Waals surface area contributed by atoms with E-state index in [0.29, 0.717) is 18.8 Å². The van der Waals surface area contributed by atoms with Crippen LogP contribution in [0.15, 0.2) is 18.2 Å². The van der Waals surface area contributed by atoms with Crippen LogP contribution < -0.4 is 15.8 Å². The zero-order chi connectivity index (χ0) is 14.4. The van der Waals surface area contributed by atoms with E-state index in [2.05, 4.69) is 5.32 Å². The van der Waals surface area contributed by atoms with Gasteiger partial charge in [0.2, 0.25) is 0 Å². The number of methoxy groups -OCH3 is 1. The zero-order valence-electron chi connectivity index (χ0n) is 11.3. The number of nitrogens with zero attached hydrogens (tertiary/aromatic N) is 1. The largest absolute Gasteiger partial charge is 0.496 e. The third-order valence-corrected chi connectivity index (χ3v) is 2.65. The predicted molar refractivity (Wildman–Crippen MR) is 77.4 cm³/mol. The van der Waals surface area contributed by atoms with Gasteiger partial charge in [-0.2, -0.15) is 0 Å². The summed E-state index contributed by atoms with van der Waals surface area (Å²) in [5, 5.41) is 13.4. The molecule has 0 aliphatic carbocycles. The van der Waals surface area contributed by atoms with Crippen LogP contribution in [0, 0.1) is 16.0 Å². The van der Waals surface area contributed by atoms with E-state index in [9.17, 15) is 14.9 Å². The molecule has 0 fully saturated rings. The molecule has 1 rings (SSSR count). The summed E-state index contributed by atoms with van der Waals surface area (Å²) in [6.07, 6.45) is 0. The maximum Gasteiger partial charge on any atom is 0.270 e. The van der Waals surface area contributed by atoms with Crippen LogP contribution in [0.1, 0.15) is 17.3 Å². The van der Waals surface area contributed by atoms with Gasteiger partial charge in [-0.05, 0) is 18.5 Å². The average Bonchev–Trinajstić information content (AvgIpc) is 2.43. The van der Waals surface area contributed by atoms with Gasteiger partial charge >= 0.3 is 0 Å². The maximum absolute atomic E-state index is 12.0.